The van der Waals surface area contributed by atoms with Gasteiger partial charge < -0.3 is 19.5 Å². The van der Waals surface area contributed by atoms with Crippen LogP contribution < -0.4 is 24.2 Å². The van der Waals surface area contributed by atoms with Gasteiger partial charge in [-0.25, -0.2) is 13.1 Å². The van der Waals surface area contributed by atoms with E-state index in [0.29, 0.717) is 28.7 Å². The number of halogens is 1. The van der Waals surface area contributed by atoms with Gasteiger partial charge in [0, 0.05) is 18.2 Å². The molecule has 2 rings (SSSR count). The maximum atomic E-state index is 12.7. The second-order valence-electron chi connectivity index (χ2n) is 6.87. The number of ether oxygens (including phenoxy) is 3. The summed E-state index contributed by atoms with van der Waals surface area (Å²) in [5.41, 5.74) is 0.871. The van der Waals surface area contributed by atoms with Gasteiger partial charge >= 0.3 is 0 Å². The minimum Gasteiger partial charge on any atom is -0.495 e. The molecule has 0 aromatic heterocycles. The van der Waals surface area contributed by atoms with Crippen molar-refractivity contribution < 1.29 is 27.4 Å². The van der Waals surface area contributed by atoms with E-state index in [1.165, 1.54) is 32.4 Å². The first kappa shape index (κ1) is 24.8. The van der Waals surface area contributed by atoms with Crippen LogP contribution in [-0.2, 0) is 16.6 Å². The van der Waals surface area contributed by atoms with E-state index in [0.717, 1.165) is 0 Å². The van der Waals surface area contributed by atoms with E-state index in [-0.39, 0.29) is 28.8 Å². The minimum atomic E-state index is -3.85. The van der Waals surface area contributed by atoms with E-state index in [2.05, 4.69) is 10.0 Å². The summed E-state index contributed by atoms with van der Waals surface area (Å²) in [5, 5.41) is 3.12. The maximum absolute atomic E-state index is 12.7. The van der Waals surface area contributed by atoms with Crippen molar-refractivity contribution in [1.82, 2.24) is 10.0 Å². The lowest BCUT2D eigenvalue weighted by Gasteiger charge is -2.15. The summed E-state index contributed by atoms with van der Waals surface area (Å²) >= 11 is 6.26. The summed E-state index contributed by atoms with van der Waals surface area (Å²) in [7, 11) is -0.985. The molecule has 0 spiro atoms. The van der Waals surface area contributed by atoms with Gasteiger partial charge in [-0.15, -0.1) is 0 Å². The van der Waals surface area contributed by atoms with Crippen LogP contribution >= 0.6 is 11.6 Å². The predicted molar refractivity (Wildman–Crippen MR) is 119 cm³/mol. The Labute approximate surface area is 187 Å². The van der Waals surface area contributed by atoms with Crippen molar-refractivity contribution >= 4 is 27.5 Å². The largest absolute Gasteiger partial charge is 0.495 e. The molecule has 0 fully saturated rings. The average Bonchev–Trinajstić information content (AvgIpc) is 2.72. The summed E-state index contributed by atoms with van der Waals surface area (Å²) in [6, 6.07) is 7.30. The Kier molecular flexibility index (Phi) is 8.55. The number of nitrogens with one attached hydrogen (secondary N) is 2. The highest BCUT2D eigenvalue weighted by molar-refractivity contribution is 7.89. The Morgan fingerprint density at radius 3 is 2.35 bits per heavy atom. The first-order valence-electron chi connectivity index (χ1n) is 9.60. The van der Waals surface area contributed by atoms with Gasteiger partial charge in [0.05, 0.1) is 25.8 Å². The SMILES string of the molecule is CCOc1c(Cl)cc(CNC(=O)c2ccc(OC)c(S(=O)(=O)NC(C)C)c2)cc1OC. The molecule has 0 saturated carbocycles. The van der Waals surface area contributed by atoms with Crippen molar-refractivity contribution in [3.63, 3.8) is 0 Å². The Hall–Kier alpha value is -2.49. The zero-order chi connectivity index (χ0) is 23.2. The van der Waals surface area contributed by atoms with E-state index in [4.69, 9.17) is 25.8 Å². The lowest BCUT2D eigenvalue weighted by molar-refractivity contribution is 0.0950. The van der Waals surface area contributed by atoms with Crippen LogP contribution in [0.5, 0.6) is 17.2 Å². The highest BCUT2D eigenvalue weighted by Crippen LogP contribution is 2.36. The number of hydrogen-bond donors (Lipinski definition) is 2. The van der Waals surface area contributed by atoms with Crippen LogP contribution in [0.3, 0.4) is 0 Å². The van der Waals surface area contributed by atoms with E-state index in [9.17, 15) is 13.2 Å². The van der Waals surface area contributed by atoms with Crippen LogP contribution in [-0.4, -0.2) is 41.2 Å². The van der Waals surface area contributed by atoms with Gasteiger partial charge in [0.2, 0.25) is 10.0 Å². The molecule has 0 aliphatic rings. The molecule has 0 aliphatic heterocycles. The molecule has 0 radical (unpaired) electrons. The smallest absolute Gasteiger partial charge is 0.251 e. The van der Waals surface area contributed by atoms with Gasteiger partial charge in [0.25, 0.3) is 5.91 Å². The van der Waals surface area contributed by atoms with Crippen molar-refractivity contribution in [3.05, 3.63) is 46.5 Å². The lowest BCUT2D eigenvalue weighted by atomic mass is 10.1. The Bertz CT molecular complexity index is 1040. The number of benzene rings is 2. The number of rotatable bonds is 10. The van der Waals surface area contributed by atoms with Gasteiger partial charge in [-0.1, -0.05) is 11.6 Å². The second kappa shape index (κ2) is 10.7. The molecular weight excluding hydrogens is 444 g/mol. The number of carbonyl (C=O) groups is 1. The molecule has 2 aromatic rings. The summed E-state index contributed by atoms with van der Waals surface area (Å²) < 4.78 is 43.7. The van der Waals surface area contributed by atoms with Crippen molar-refractivity contribution in [2.75, 3.05) is 20.8 Å². The van der Waals surface area contributed by atoms with Crippen molar-refractivity contribution in [3.8, 4) is 17.2 Å². The normalized spacial score (nSPS) is 11.3. The molecule has 1 amide bonds. The van der Waals surface area contributed by atoms with Crippen LogP contribution in [0, 0.1) is 0 Å². The van der Waals surface area contributed by atoms with Crippen LogP contribution in [0.15, 0.2) is 35.2 Å². The van der Waals surface area contributed by atoms with Crippen LogP contribution in [0.4, 0.5) is 0 Å². The third-order valence-electron chi connectivity index (χ3n) is 4.14. The van der Waals surface area contributed by atoms with Gasteiger partial charge in [0.15, 0.2) is 11.5 Å². The molecule has 31 heavy (non-hydrogen) atoms. The Morgan fingerprint density at radius 2 is 1.77 bits per heavy atom. The molecule has 2 N–H and O–H groups in total. The summed E-state index contributed by atoms with van der Waals surface area (Å²) in [6.45, 7) is 5.83. The summed E-state index contributed by atoms with van der Waals surface area (Å²) in [4.78, 5) is 12.6. The van der Waals surface area contributed by atoms with Gasteiger partial charge in [-0.05, 0) is 56.7 Å². The standard InChI is InChI=1S/C21H27ClN2O6S/c1-6-30-20-16(22)9-14(10-18(20)29-5)12-23-21(25)15-7-8-17(28-4)19(11-15)31(26,27)24-13(2)3/h7-11,13,24H,6,12H2,1-5H3,(H,23,25). The number of sulfonamides is 1. The van der Waals surface area contributed by atoms with Gasteiger partial charge in [0.1, 0.15) is 10.6 Å². The third kappa shape index (κ3) is 6.25. The monoisotopic (exact) mass is 470 g/mol. The summed E-state index contributed by atoms with van der Waals surface area (Å²) in [6.07, 6.45) is 0. The topological polar surface area (TPSA) is 103 Å². The molecule has 2 aromatic carbocycles. The fourth-order valence-corrected chi connectivity index (χ4v) is 4.58. The molecule has 0 bridgehead atoms. The number of methoxy groups -OCH3 is 2. The highest BCUT2D eigenvalue weighted by Gasteiger charge is 2.22. The molecule has 170 valence electrons. The van der Waals surface area contributed by atoms with E-state index < -0.39 is 15.9 Å². The highest BCUT2D eigenvalue weighted by atomic mass is 35.5. The molecular formula is C21H27ClN2O6S. The third-order valence-corrected chi connectivity index (χ3v) is 6.10. The van der Waals surface area contributed by atoms with Gasteiger partial charge in [-0.3, -0.25) is 4.79 Å². The van der Waals surface area contributed by atoms with Crippen molar-refractivity contribution in [2.24, 2.45) is 0 Å². The average molecular weight is 471 g/mol. The minimum absolute atomic E-state index is 0.109. The summed E-state index contributed by atoms with van der Waals surface area (Å²) in [5.74, 6) is 0.584. The Balaban J connectivity index is 2.25. The molecule has 0 aliphatic carbocycles. The zero-order valence-electron chi connectivity index (χ0n) is 18.1. The molecule has 0 atom stereocenters. The molecule has 0 unspecified atom stereocenters. The predicted octanol–water partition coefficient (Wildman–Crippen LogP) is 3.37. The maximum Gasteiger partial charge on any atom is 0.251 e. The van der Waals surface area contributed by atoms with Crippen LogP contribution in [0.25, 0.3) is 0 Å². The number of amides is 1. The zero-order valence-corrected chi connectivity index (χ0v) is 19.7. The molecule has 10 heteroatoms. The molecule has 0 saturated heterocycles. The Morgan fingerprint density at radius 1 is 1.10 bits per heavy atom. The number of hydrogen-bond acceptors (Lipinski definition) is 6. The fraction of sp³-hybridized carbons (Fsp3) is 0.381. The lowest BCUT2D eigenvalue weighted by Crippen LogP contribution is -2.31. The first-order chi connectivity index (χ1) is 14.6. The number of carbonyl (C=O) groups excluding carboxylic acids is 1. The molecule has 0 heterocycles. The van der Waals surface area contributed by atoms with Gasteiger partial charge in [-0.2, -0.15) is 0 Å². The fourth-order valence-electron chi connectivity index (χ4n) is 2.85. The molecule has 8 nitrogen and oxygen atoms in total. The van der Waals surface area contributed by atoms with E-state index in [1.54, 1.807) is 26.0 Å². The van der Waals surface area contributed by atoms with E-state index >= 15 is 0 Å². The quantitative estimate of drug-likeness (QED) is 0.551. The van der Waals surface area contributed by atoms with Crippen molar-refractivity contribution in [2.45, 2.75) is 38.3 Å². The van der Waals surface area contributed by atoms with Crippen LogP contribution in [0.2, 0.25) is 5.02 Å². The second-order valence-corrected chi connectivity index (χ2v) is 8.96. The first-order valence-corrected chi connectivity index (χ1v) is 11.5. The van der Waals surface area contributed by atoms with E-state index in [1.807, 2.05) is 6.92 Å². The van der Waals surface area contributed by atoms with Crippen LogP contribution in [0.1, 0.15) is 36.7 Å². The van der Waals surface area contributed by atoms with Crippen molar-refractivity contribution in [1.29, 1.82) is 0 Å².